The van der Waals surface area contributed by atoms with Crippen molar-refractivity contribution in [3.05, 3.63) is 29.8 Å². The Hall–Kier alpha value is -1.55. The van der Waals surface area contributed by atoms with Crippen molar-refractivity contribution in [1.82, 2.24) is 4.90 Å². The molecule has 0 aliphatic carbocycles. The van der Waals surface area contributed by atoms with Gasteiger partial charge in [-0.3, -0.25) is 9.69 Å². The van der Waals surface area contributed by atoms with E-state index >= 15 is 0 Å². The van der Waals surface area contributed by atoms with Crippen LogP contribution in [0.5, 0.6) is 0 Å². The number of hydrogen-bond acceptors (Lipinski definition) is 3. The van der Waals surface area contributed by atoms with Crippen molar-refractivity contribution < 1.29 is 9.90 Å². The number of unbranched alkanes of at least 4 members (excludes halogenated alkanes) is 1. The van der Waals surface area contributed by atoms with Crippen LogP contribution < -0.4 is 4.90 Å². The number of carboxylic acid groups (broad SMARTS) is 1. The van der Waals surface area contributed by atoms with Crippen LogP contribution in [0.1, 0.15) is 32.3 Å². The lowest BCUT2D eigenvalue weighted by Gasteiger charge is -2.23. The summed E-state index contributed by atoms with van der Waals surface area (Å²) < 4.78 is 0. The third kappa shape index (κ3) is 5.61. The summed E-state index contributed by atoms with van der Waals surface area (Å²) in [5, 5.41) is 8.74. The second-order valence-corrected chi connectivity index (χ2v) is 5.17. The average Bonchev–Trinajstić information content (AvgIpc) is 2.40. The SMILES string of the molecule is CCCCN(CC)c1ccc(CN(C)CC(=O)O)cc1. The van der Waals surface area contributed by atoms with Crippen molar-refractivity contribution in [2.24, 2.45) is 0 Å². The Bertz CT molecular complexity index is 403. The summed E-state index contributed by atoms with van der Waals surface area (Å²) in [5.74, 6) is -0.791. The lowest BCUT2D eigenvalue weighted by Crippen LogP contribution is -2.25. The predicted octanol–water partition coefficient (Wildman–Crippen LogP) is 2.83. The summed E-state index contributed by atoms with van der Waals surface area (Å²) in [4.78, 5) is 14.8. The highest BCUT2D eigenvalue weighted by atomic mass is 16.4. The molecular weight excluding hydrogens is 252 g/mol. The normalized spacial score (nSPS) is 10.8. The molecule has 4 nitrogen and oxygen atoms in total. The summed E-state index contributed by atoms with van der Waals surface area (Å²) in [6.07, 6.45) is 2.41. The standard InChI is InChI=1S/C16H26N2O2/c1-4-6-11-18(5-2)15-9-7-14(8-10-15)12-17(3)13-16(19)20/h7-10H,4-6,11-13H2,1-3H3,(H,19,20). The van der Waals surface area contributed by atoms with Gasteiger partial charge in [-0.1, -0.05) is 25.5 Å². The first-order valence-corrected chi connectivity index (χ1v) is 7.31. The lowest BCUT2D eigenvalue weighted by molar-refractivity contribution is -0.138. The van der Waals surface area contributed by atoms with E-state index in [2.05, 4.69) is 43.0 Å². The van der Waals surface area contributed by atoms with Crippen LogP contribution in [-0.2, 0) is 11.3 Å². The fourth-order valence-corrected chi connectivity index (χ4v) is 2.23. The topological polar surface area (TPSA) is 43.8 Å². The van der Waals surface area contributed by atoms with E-state index in [0.29, 0.717) is 6.54 Å². The molecule has 1 aromatic rings. The van der Waals surface area contributed by atoms with Crippen molar-refractivity contribution in [3.63, 3.8) is 0 Å². The largest absolute Gasteiger partial charge is 0.480 e. The first-order valence-electron chi connectivity index (χ1n) is 7.31. The Morgan fingerprint density at radius 1 is 1.20 bits per heavy atom. The van der Waals surface area contributed by atoms with Crippen LogP contribution in [0.15, 0.2) is 24.3 Å². The molecule has 0 spiro atoms. The number of nitrogens with zero attached hydrogens (tertiary/aromatic N) is 2. The third-order valence-corrected chi connectivity index (χ3v) is 3.32. The smallest absolute Gasteiger partial charge is 0.317 e. The van der Waals surface area contributed by atoms with Gasteiger partial charge in [0.15, 0.2) is 0 Å². The van der Waals surface area contributed by atoms with Crippen molar-refractivity contribution in [3.8, 4) is 0 Å². The zero-order valence-corrected chi connectivity index (χ0v) is 12.8. The highest BCUT2D eigenvalue weighted by Gasteiger charge is 2.07. The molecule has 0 amide bonds. The molecule has 0 aliphatic heterocycles. The van der Waals surface area contributed by atoms with Crippen molar-refractivity contribution >= 4 is 11.7 Å². The molecule has 20 heavy (non-hydrogen) atoms. The maximum absolute atomic E-state index is 10.6. The van der Waals surface area contributed by atoms with E-state index in [4.69, 9.17) is 5.11 Å². The number of benzene rings is 1. The highest BCUT2D eigenvalue weighted by molar-refractivity contribution is 5.69. The average molecular weight is 278 g/mol. The minimum Gasteiger partial charge on any atom is -0.480 e. The van der Waals surface area contributed by atoms with Crippen molar-refractivity contribution in [1.29, 1.82) is 0 Å². The molecule has 1 aromatic carbocycles. The maximum Gasteiger partial charge on any atom is 0.317 e. The van der Waals surface area contributed by atoms with E-state index in [1.165, 1.54) is 18.5 Å². The van der Waals surface area contributed by atoms with E-state index in [0.717, 1.165) is 18.7 Å². The Morgan fingerprint density at radius 2 is 1.85 bits per heavy atom. The summed E-state index contributed by atoms with van der Waals surface area (Å²) in [5.41, 5.74) is 2.38. The Labute approximate surface area is 122 Å². The zero-order valence-electron chi connectivity index (χ0n) is 12.8. The Kier molecular flexibility index (Phi) is 7.09. The Morgan fingerprint density at radius 3 is 2.35 bits per heavy atom. The van der Waals surface area contributed by atoms with E-state index in [1.54, 1.807) is 4.90 Å². The maximum atomic E-state index is 10.6. The molecule has 0 fully saturated rings. The van der Waals surface area contributed by atoms with E-state index < -0.39 is 5.97 Å². The van der Waals surface area contributed by atoms with Gasteiger partial charge in [0.25, 0.3) is 0 Å². The first-order chi connectivity index (χ1) is 9.56. The van der Waals surface area contributed by atoms with Crippen LogP contribution in [0.3, 0.4) is 0 Å². The minimum atomic E-state index is -0.791. The van der Waals surface area contributed by atoms with Gasteiger partial charge in [0.1, 0.15) is 0 Å². The summed E-state index contributed by atoms with van der Waals surface area (Å²) in [6.45, 7) is 7.20. The van der Waals surface area contributed by atoms with Gasteiger partial charge >= 0.3 is 5.97 Å². The molecule has 112 valence electrons. The van der Waals surface area contributed by atoms with Gasteiger partial charge in [-0.25, -0.2) is 0 Å². The lowest BCUT2D eigenvalue weighted by atomic mass is 10.1. The van der Waals surface area contributed by atoms with Gasteiger partial charge in [0.2, 0.25) is 0 Å². The highest BCUT2D eigenvalue weighted by Crippen LogP contribution is 2.16. The molecule has 0 saturated heterocycles. The quantitative estimate of drug-likeness (QED) is 0.754. The summed E-state index contributed by atoms with van der Waals surface area (Å²) >= 11 is 0. The minimum absolute atomic E-state index is 0.0688. The van der Waals surface area contributed by atoms with E-state index in [1.807, 2.05) is 7.05 Å². The van der Waals surface area contributed by atoms with Crippen LogP contribution in [0, 0.1) is 0 Å². The van der Waals surface area contributed by atoms with Gasteiger partial charge in [-0.05, 0) is 38.1 Å². The molecule has 4 heteroatoms. The van der Waals surface area contributed by atoms with Gasteiger partial charge in [-0.2, -0.15) is 0 Å². The van der Waals surface area contributed by atoms with Gasteiger partial charge in [0, 0.05) is 25.3 Å². The molecule has 0 aliphatic rings. The monoisotopic (exact) mass is 278 g/mol. The number of rotatable bonds is 9. The molecular formula is C16H26N2O2. The van der Waals surface area contributed by atoms with Crippen molar-refractivity contribution in [2.75, 3.05) is 31.6 Å². The van der Waals surface area contributed by atoms with E-state index in [-0.39, 0.29) is 6.54 Å². The molecule has 0 radical (unpaired) electrons. The van der Waals surface area contributed by atoms with Gasteiger partial charge in [-0.15, -0.1) is 0 Å². The second kappa shape index (κ2) is 8.59. The third-order valence-electron chi connectivity index (χ3n) is 3.32. The first kappa shape index (κ1) is 16.5. The summed E-state index contributed by atoms with van der Waals surface area (Å²) in [7, 11) is 1.82. The second-order valence-electron chi connectivity index (χ2n) is 5.17. The van der Waals surface area contributed by atoms with Gasteiger partial charge < -0.3 is 10.0 Å². The van der Waals surface area contributed by atoms with Crippen molar-refractivity contribution in [2.45, 2.75) is 33.2 Å². The Balaban J connectivity index is 2.60. The number of hydrogen-bond donors (Lipinski definition) is 1. The number of carbonyl (C=O) groups is 1. The molecule has 0 bridgehead atoms. The molecule has 0 aromatic heterocycles. The molecule has 0 unspecified atom stereocenters. The van der Waals surface area contributed by atoms with Crippen LogP contribution in [0.25, 0.3) is 0 Å². The number of aliphatic carboxylic acids is 1. The molecule has 0 atom stereocenters. The summed E-state index contributed by atoms with van der Waals surface area (Å²) in [6, 6.07) is 8.43. The molecule has 1 N–H and O–H groups in total. The predicted molar refractivity (Wildman–Crippen MR) is 83.2 cm³/mol. The van der Waals surface area contributed by atoms with Crippen LogP contribution >= 0.6 is 0 Å². The number of anilines is 1. The zero-order chi connectivity index (χ0) is 15.0. The fourth-order valence-electron chi connectivity index (χ4n) is 2.23. The number of carboxylic acids is 1. The van der Waals surface area contributed by atoms with Crippen LogP contribution in [-0.4, -0.2) is 42.7 Å². The molecule has 0 saturated carbocycles. The fraction of sp³-hybridized carbons (Fsp3) is 0.562. The van der Waals surface area contributed by atoms with Crippen LogP contribution in [0.2, 0.25) is 0 Å². The van der Waals surface area contributed by atoms with Gasteiger partial charge in [0.05, 0.1) is 6.54 Å². The van der Waals surface area contributed by atoms with E-state index in [9.17, 15) is 4.79 Å². The molecule has 1 rings (SSSR count). The number of likely N-dealkylation sites (N-methyl/N-ethyl adjacent to an activating group) is 1. The van der Waals surface area contributed by atoms with Crippen LogP contribution in [0.4, 0.5) is 5.69 Å². The molecule has 0 heterocycles.